The van der Waals surface area contributed by atoms with Crippen LogP contribution in [0.25, 0.3) is 11.1 Å². The van der Waals surface area contributed by atoms with Crippen LogP contribution in [-0.2, 0) is 9.53 Å². The van der Waals surface area contributed by atoms with Gasteiger partial charge in [-0.1, -0.05) is 0 Å². The van der Waals surface area contributed by atoms with Crippen LogP contribution < -0.4 is 5.32 Å². The van der Waals surface area contributed by atoms with Gasteiger partial charge in [-0.05, 0) is 36.4 Å². The monoisotopic (exact) mass is 282 g/mol. The zero-order valence-electron chi connectivity index (χ0n) is 10.9. The first-order valence-electron chi connectivity index (χ1n) is 6.55. The van der Waals surface area contributed by atoms with Gasteiger partial charge in [0.15, 0.2) is 0 Å². The quantitative estimate of drug-likeness (QED) is 0.790. The fraction of sp³-hybridized carbons (Fsp3) is 0.0625. The Morgan fingerprint density at radius 3 is 2.95 bits per heavy atom. The third-order valence-corrected chi connectivity index (χ3v) is 3.61. The minimum Gasteiger partial charge on any atom is -0.488 e. The van der Waals surface area contributed by atoms with E-state index in [-0.39, 0.29) is 11.7 Å². The number of hydrogen-bond donors (Lipinski definition) is 2. The molecule has 2 N–H and O–H groups in total. The van der Waals surface area contributed by atoms with Crippen molar-refractivity contribution in [3.63, 3.8) is 0 Å². The lowest BCUT2D eigenvalue weighted by Gasteiger charge is -2.02. The van der Waals surface area contributed by atoms with Crippen LogP contribution in [0.1, 0.15) is 11.3 Å². The Morgan fingerprint density at radius 2 is 2.14 bits per heavy atom. The largest absolute Gasteiger partial charge is 0.488 e. The summed E-state index contributed by atoms with van der Waals surface area (Å²) in [6.45, 7) is 0.406. The smallest absolute Gasteiger partial charge is 0.260 e. The van der Waals surface area contributed by atoms with Crippen LogP contribution in [0.5, 0.6) is 0 Å². The summed E-state index contributed by atoms with van der Waals surface area (Å²) in [7, 11) is 0. The molecular formula is C16H11FN2O2. The van der Waals surface area contributed by atoms with E-state index in [1.165, 1.54) is 12.1 Å². The summed E-state index contributed by atoms with van der Waals surface area (Å²) in [6, 6.07) is 8.09. The number of carbonyl (C=O) groups is 1. The van der Waals surface area contributed by atoms with Gasteiger partial charge in [-0.3, -0.25) is 4.79 Å². The highest BCUT2D eigenvalue weighted by Crippen LogP contribution is 2.37. The molecule has 0 spiro atoms. The van der Waals surface area contributed by atoms with E-state index in [4.69, 9.17) is 4.74 Å². The molecule has 0 atom stereocenters. The topological polar surface area (TPSA) is 54.1 Å². The van der Waals surface area contributed by atoms with Crippen molar-refractivity contribution < 1.29 is 13.9 Å². The van der Waals surface area contributed by atoms with Crippen LogP contribution in [0.15, 0.2) is 48.4 Å². The number of aromatic nitrogens is 1. The molecule has 104 valence electrons. The fourth-order valence-corrected chi connectivity index (χ4v) is 2.62. The second kappa shape index (κ2) is 4.34. The number of hydrogen-bond acceptors (Lipinski definition) is 2. The molecule has 0 radical (unpaired) electrons. The molecule has 21 heavy (non-hydrogen) atoms. The first-order valence-corrected chi connectivity index (χ1v) is 6.55. The predicted octanol–water partition coefficient (Wildman–Crippen LogP) is 2.93. The molecule has 4 nitrogen and oxygen atoms in total. The average molecular weight is 282 g/mol. The summed E-state index contributed by atoms with van der Waals surface area (Å²) in [4.78, 5) is 15.2. The lowest BCUT2D eigenvalue weighted by atomic mass is 10.1. The highest BCUT2D eigenvalue weighted by Gasteiger charge is 2.30. The Hall–Kier alpha value is -2.82. The maximum absolute atomic E-state index is 13.2. The Bertz CT molecular complexity index is 804. The van der Waals surface area contributed by atoms with E-state index in [1.807, 2.05) is 24.4 Å². The molecule has 1 amide bonds. The lowest BCUT2D eigenvalue weighted by Crippen LogP contribution is -2.05. The normalized spacial score (nSPS) is 20.0. The van der Waals surface area contributed by atoms with Gasteiger partial charge in [0.1, 0.15) is 18.2 Å². The SMILES string of the molecule is O=C1Nc2cc(F)ccc2C1=C1C=C(c2ccc[nH]2)CO1. The van der Waals surface area contributed by atoms with E-state index in [0.29, 0.717) is 29.2 Å². The summed E-state index contributed by atoms with van der Waals surface area (Å²) >= 11 is 0. The van der Waals surface area contributed by atoms with Crippen LogP contribution >= 0.6 is 0 Å². The first kappa shape index (κ1) is 12.0. The van der Waals surface area contributed by atoms with Crippen molar-refractivity contribution in [3.05, 3.63) is 65.4 Å². The number of amides is 1. The number of halogens is 1. The molecular weight excluding hydrogens is 271 g/mol. The molecule has 0 saturated heterocycles. The fourth-order valence-electron chi connectivity index (χ4n) is 2.62. The standard InChI is InChI=1S/C16H11FN2O2/c17-10-3-4-11-13(7-10)19-16(20)15(11)14-6-9(8-21-14)12-2-1-5-18-12/h1-7,18H,8H2,(H,19,20). The summed E-state index contributed by atoms with van der Waals surface area (Å²) in [5.41, 5.74) is 3.54. The summed E-state index contributed by atoms with van der Waals surface area (Å²) in [5.74, 6) is -0.132. The van der Waals surface area contributed by atoms with Gasteiger partial charge in [0.05, 0.1) is 11.3 Å². The molecule has 5 heteroatoms. The summed E-state index contributed by atoms with van der Waals surface area (Å²) in [6.07, 6.45) is 3.68. The lowest BCUT2D eigenvalue weighted by molar-refractivity contribution is -0.110. The molecule has 2 aliphatic rings. The van der Waals surface area contributed by atoms with Crippen molar-refractivity contribution in [2.24, 2.45) is 0 Å². The molecule has 1 aromatic heterocycles. The maximum atomic E-state index is 13.2. The number of benzene rings is 1. The van der Waals surface area contributed by atoms with Crippen molar-refractivity contribution in [2.75, 3.05) is 11.9 Å². The Kier molecular flexibility index (Phi) is 2.47. The molecule has 0 saturated carbocycles. The van der Waals surface area contributed by atoms with Gasteiger partial charge in [-0.2, -0.15) is 0 Å². The van der Waals surface area contributed by atoms with E-state index in [1.54, 1.807) is 6.07 Å². The average Bonchev–Trinajstić information content (AvgIpc) is 3.15. The van der Waals surface area contributed by atoms with E-state index < -0.39 is 0 Å². The van der Waals surface area contributed by atoms with Crippen molar-refractivity contribution in [2.45, 2.75) is 0 Å². The number of fused-ring (bicyclic) bond motifs is 1. The number of carbonyl (C=O) groups excluding carboxylic acids is 1. The second-order valence-corrected chi connectivity index (χ2v) is 4.93. The molecule has 3 heterocycles. The van der Waals surface area contributed by atoms with Crippen LogP contribution in [0, 0.1) is 5.82 Å². The van der Waals surface area contributed by atoms with Crippen molar-refractivity contribution in [3.8, 4) is 0 Å². The number of H-pyrrole nitrogens is 1. The van der Waals surface area contributed by atoms with Gasteiger partial charge < -0.3 is 15.0 Å². The molecule has 0 bridgehead atoms. The number of ether oxygens (including phenoxy) is 1. The Morgan fingerprint density at radius 1 is 1.24 bits per heavy atom. The summed E-state index contributed by atoms with van der Waals surface area (Å²) < 4.78 is 18.9. The second-order valence-electron chi connectivity index (χ2n) is 4.93. The molecule has 2 aliphatic heterocycles. The van der Waals surface area contributed by atoms with Crippen molar-refractivity contribution in [1.82, 2.24) is 4.98 Å². The maximum Gasteiger partial charge on any atom is 0.260 e. The third kappa shape index (κ3) is 1.86. The van der Waals surface area contributed by atoms with Gasteiger partial charge in [0.2, 0.25) is 0 Å². The van der Waals surface area contributed by atoms with Gasteiger partial charge in [0.25, 0.3) is 5.91 Å². The first-order chi connectivity index (χ1) is 10.2. The zero-order valence-corrected chi connectivity index (χ0v) is 10.9. The number of nitrogens with one attached hydrogen (secondary N) is 2. The van der Waals surface area contributed by atoms with Gasteiger partial charge in [0, 0.05) is 23.0 Å². The highest BCUT2D eigenvalue weighted by molar-refractivity contribution is 6.32. The van der Waals surface area contributed by atoms with Gasteiger partial charge >= 0.3 is 0 Å². The van der Waals surface area contributed by atoms with Crippen molar-refractivity contribution in [1.29, 1.82) is 0 Å². The van der Waals surface area contributed by atoms with Crippen molar-refractivity contribution >= 4 is 22.7 Å². The van der Waals surface area contributed by atoms with Gasteiger partial charge in [-0.15, -0.1) is 0 Å². The molecule has 2 aromatic rings. The van der Waals surface area contributed by atoms with Crippen LogP contribution in [0.2, 0.25) is 0 Å². The molecule has 4 rings (SSSR count). The van der Waals surface area contributed by atoms with E-state index >= 15 is 0 Å². The van der Waals surface area contributed by atoms with Gasteiger partial charge in [-0.25, -0.2) is 4.39 Å². The zero-order chi connectivity index (χ0) is 14.4. The minimum absolute atomic E-state index is 0.269. The number of rotatable bonds is 1. The minimum atomic E-state index is -0.379. The third-order valence-electron chi connectivity index (χ3n) is 3.61. The van der Waals surface area contributed by atoms with Crippen LogP contribution in [0.4, 0.5) is 10.1 Å². The number of anilines is 1. The predicted molar refractivity (Wildman–Crippen MR) is 76.7 cm³/mol. The van der Waals surface area contributed by atoms with Crippen LogP contribution in [-0.4, -0.2) is 17.5 Å². The molecule has 0 aliphatic carbocycles. The molecule has 0 fully saturated rings. The Balaban J connectivity index is 1.82. The van der Waals surface area contributed by atoms with E-state index in [0.717, 1.165) is 11.3 Å². The number of aromatic amines is 1. The Labute approximate surface area is 119 Å². The van der Waals surface area contributed by atoms with E-state index in [2.05, 4.69) is 10.3 Å². The summed E-state index contributed by atoms with van der Waals surface area (Å²) in [5, 5.41) is 2.66. The van der Waals surface area contributed by atoms with E-state index in [9.17, 15) is 9.18 Å². The molecule has 0 unspecified atom stereocenters. The van der Waals surface area contributed by atoms with Crippen LogP contribution in [0.3, 0.4) is 0 Å². The molecule has 1 aromatic carbocycles. The number of allylic oxidation sites excluding steroid dienone is 1. The highest BCUT2D eigenvalue weighted by atomic mass is 19.1.